The van der Waals surface area contributed by atoms with Crippen molar-refractivity contribution in [1.82, 2.24) is 15.1 Å². The average Bonchev–Trinajstić information content (AvgIpc) is 2.72. The van der Waals surface area contributed by atoms with Crippen molar-refractivity contribution < 1.29 is 9.59 Å². The summed E-state index contributed by atoms with van der Waals surface area (Å²) in [6.07, 6.45) is 6.96. The maximum Gasteiger partial charge on any atom is 0.234 e. The van der Waals surface area contributed by atoms with Gasteiger partial charge in [0.1, 0.15) is 0 Å². The van der Waals surface area contributed by atoms with Crippen LogP contribution in [0.15, 0.2) is 0 Å². The van der Waals surface area contributed by atoms with Gasteiger partial charge in [-0.1, -0.05) is 40.0 Å². The van der Waals surface area contributed by atoms with Crippen molar-refractivity contribution in [1.29, 1.82) is 0 Å². The third-order valence-electron chi connectivity index (χ3n) is 4.85. The first kappa shape index (κ1) is 18.2. The molecule has 5 nitrogen and oxygen atoms in total. The minimum atomic E-state index is -0.326. The lowest BCUT2D eigenvalue weighted by molar-refractivity contribution is -0.139. The molecule has 23 heavy (non-hydrogen) atoms. The topological polar surface area (TPSA) is 52.7 Å². The molecule has 2 amide bonds. The molecule has 0 aromatic rings. The highest BCUT2D eigenvalue weighted by Gasteiger charge is 2.29. The van der Waals surface area contributed by atoms with Crippen molar-refractivity contribution in [2.24, 2.45) is 5.41 Å². The molecule has 5 heteroatoms. The number of amides is 2. The Balaban J connectivity index is 1.76. The SMILES string of the molecule is CC(C)(C)C(=O)N1CCCN(CC(=O)NC2CCCCC2)CC1. The van der Waals surface area contributed by atoms with Gasteiger partial charge in [0.15, 0.2) is 0 Å². The Labute approximate surface area is 140 Å². The van der Waals surface area contributed by atoms with Crippen LogP contribution in [-0.4, -0.2) is 60.4 Å². The molecular weight excluding hydrogens is 290 g/mol. The molecule has 0 atom stereocenters. The van der Waals surface area contributed by atoms with Crippen LogP contribution in [-0.2, 0) is 9.59 Å². The molecule has 1 N–H and O–H groups in total. The van der Waals surface area contributed by atoms with E-state index in [0.717, 1.165) is 45.4 Å². The van der Waals surface area contributed by atoms with Gasteiger partial charge >= 0.3 is 0 Å². The number of hydrogen-bond acceptors (Lipinski definition) is 3. The fourth-order valence-electron chi connectivity index (χ4n) is 3.53. The Hall–Kier alpha value is -1.10. The third-order valence-corrected chi connectivity index (χ3v) is 4.85. The standard InChI is InChI=1S/C18H33N3O2/c1-18(2,3)17(23)21-11-7-10-20(12-13-21)14-16(22)19-15-8-5-4-6-9-15/h15H,4-14H2,1-3H3,(H,19,22). The van der Waals surface area contributed by atoms with Crippen molar-refractivity contribution in [3.63, 3.8) is 0 Å². The predicted molar refractivity (Wildman–Crippen MR) is 92.1 cm³/mol. The lowest BCUT2D eigenvalue weighted by Crippen LogP contribution is -2.44. The van der Waals surface area contributed by atoms with Crippen molar-refractivity contribution in [2.45, 2.75) is 65.3 Å². The molecule has 1 saturated carbocycles. The van der Waals surface area contributed by atoms with E-state index in [1.165, 1.54) is 19.3 Å². The van der Waals surface area contributed by atoms with E-state index in [9.17, 15) is 9.59 Å². The summed E-state index contributed by atoms with van der Waals surface area (Å²) >= 11 is 0. The van der Waals surface area contributed by atoms with Crippen LogP contribution in [0.25, 0.3) is 0 Å². The lowest BCUT2D eigenvalue weighted by atomic mass is 9.94. The van der Waals surface area contributed by atoms with Crippen molar-refractivity contribution >= 4 is 11.8 Å². The minimum Gasteiger partial charge on any atom is -0.352 e. The van der Waals surface area contributed by atoms with Gasteiger partial charge < -0.3 is 10.2 Å². The summed E-state index contributed by atoms with van der Waals surface area (Å²) in [6.45, 7) is 9.59. The van der Waals surface area contributed by atoms with E-state index in [-0.39, 0.29) is 17.2 Å². The molecule has 1 aliphatic heterocycles. The van der Waals surface area contributed by atoms with Gasteiger partial charge in [-0.15, -0.1) is 0 Å². The van der Waals surface area contributed by atoms with Gasteiger partial charge in [0.05, 0.1) is 6.54 Å². The van der Waals surface area contributed by atoms with E-state index in [1.807, 2.05) is 25.7 Å². The molecule has 0 unspecified atom stereocenters. The number of carbonyl (C=O) groups excluding carboxylic acids is 2. The molecule has 1 saturated heterocycles. The van der Waals surface area contributed by atoms with Gasteiger partial charge in [-0.3, -0.25) is 14.5 Å². The van der Waals surface area contributed by atoms with Crippen molar-refractivity contribution in [2.75, 3.05) is 32.7 Å². The number of nitrogens with zero attached hydrogens (tertiary/aromatic N) is 2. The fourth-order valence-corrected chi connectivity index (χ4v) is 3.53. The molecule has 2 aliphatic rings. The fraction of sp³-hybridized carbons (Fsp3) is 0.889. The van der Waals surface area contributed by atoms with Gasteiger partial charge in [0, 0.05) is 37.6 Å². The van der Waals surface area contributed by atoms with Gasteiger partial charge in [0.25, 0.3) is 0 Å². The van der Waals surface area contributed by atoms with Crippen molar-refractivity contribution in [3.05, 3.63) is 0 Å². The zero-order valence-electron chi connectivity index (χ0n) is 15.1. The van der Waals surface area contributed by atoms with E-state index in [2.05, 4.69) is 10.2 Å². The van der Waals surface area contributed by atoms with Crippen LogP contribution in [0, 0.1) is 5.41 Å². The molecule has 2 fully saturated rings. The molecular formula is C18H33N3O2. The maximum absolute atomic E-state index is 12.4. The molecule has 0 spiro atoms. The number of rotatable bonds is 3. The number of hydrogen-bond donors (Lipinski definition) is 1. The van der Waals surface area contributed by atoms with Crippen LogP contribution in [0.3, 0.4) is 0 Å². The van der Waals surface area contributed by atoms with Crippen LogP contribution < -0.4 is 5.32 Å². The molecule has 2 rings (SSSR count). The zero-order chi connectivity index (χ0) is 16.9. The normalized spacial score (nSPS) is 21.8. The highest BCUT2D eigenvalue weighted by Crippen LogP contribution is 2.19. The molecule has 0 bridgehead atoms. The number of carbonyl (C=O) groups is 2. The van der Waals surface area contributed by atoms with Crippen LogP contribution >= 0.6 is 0 Å². The molecule has 1 heterocycles. The van der Waals surface area contributed by atoms with Crippen molar-refractivity contribution in [3.8, 4) is 0 Å². The monoisotopic (exact) mass is 323 g/mol. The van der Waals surface area contributed by atoms with Gasteiger partial charge in [-0.05, 0) is 19.3 Å². The second-order valence-electron chi connectivity index (χ2n) is 8.07. The zero-order valence-corrected chi connectivity index (χ0v) is 15.1. The summed E-state index contributed by atoms with van der Waals surface area (Å²) in [7, 11) is 0. The first-order valence-corrected chi connectivity index (χ1v) is 9.17. The quantitative estimate of drug-likeness (QED) is 0.864. The summed E-state index contributed by atoms with van der Waals surface area (Å²) in [4.78, 5) is 28.8. The summed E-state index contributed by atoms with van der Waals surface area (Å²) in [5, 5.41) is 3.18. The van der Waals surface area contributed by atoms with E-state index < -0.39 is 0 Å². The van der Waals surface area contributed by atoms with Crippen LogP contribution in [0.5, 0.6) is 0 Å². The Morgan fingerprint density at radius 3 is 2.30 bits per heavy atom. The Kier molecular flexibility index (Phi) is 6.45. The Morgan fingerprint density at radius 2 is 1.65 bits per heavy atom. The minimum absolute atomic E-state index is 0.146. The summed E-state index contributed by atoms with van der Waals surface area (Å²) in [6, 6.07) is 0.377. The average molecular weight is 323 g/mol. The van der Waals surface area contributed by atoms with E-state index in [4.69, 9.17) is 0 Å². The Morgan fingerprint density at radius 1 is 0.957 bits per heavy atom. The van der Waals surface area contributed by atoms with E-state index in [1.54, 1.807) is 0 Å². The third kappa shape index (κ3) is 5.79. The molecule has 0 aromatic heterocycles. The van der Waals surface area contributed by atoms with Crippen LogP contribution in [0.2, 0.25) is 0 Å². The molecule has 132 valence electrons. The van der Waals surface area contributed by atoms with Gasteiger partial charge in [0.2, 0.25) is 11.8 Å². The van der Waals surface area contributed by atoms with Crippen LogP contribution in [0.4, 0.5) is 0 Å². The second-order valence-corrected chi connectivity index (χ2v) is 8.07. The van der Waals surface area contributed by atoms with Gasteiger partial charge in [-0.25, -0.2) is 0 Å². The summed E-state index contributed by atoms with van der Waals surface area (Å²) in [5.41, 5.74) is -0.326. The first-order chi connectivity index (χ1) is 10.9. The van der Waals surface area contributed by atoms with Gasteiger partial charge in [-0.2, -0.15) is 0 Å². The first-order valence-electron chi connectivity index (χ1n) is 9.17. The second kappa shape index (κ2) is 8.13. The highest BCUT2D eigenvalue weighted by molar-refractivity contribution is 5.81. The number of nitrogens with one attached hydrogen (secondary N) is 1. The lowest BCUT2D eigenvalue weighted by Gasteiger charge is -2.28. The van der Waals surface area contributed by atoms with E-state index in [0.29, 0.717) is 12.6 Å². The Bertz CT molecular complexity index is 411. The predicted octanol–water partition coefficient (Wildman–Crippen LogP) is 2.02. The molecule has 0 aromatic carbocycles. The molecule has 0 radical (unpaired) electrons. The molecule has 1 aliphatic carbocycles. The summed E-state index contributed by atoms with van der Waals surface area (Å²) < 4.78 is 0. The maximum atomic E-state index is 12.4. The summed E-state index contributed by atoms with van der Waals surface area (Å²) in [5.74, 6) is 0.360. The highest BCUT2D eigenvalue weighted by atomic mass is 16.2. The largest absolute Gasteiger partial charge is 0.352 e. The smallest absolute Gasteiger partial charge is 0.234 e. The van der Waals surface area contributed by atoms with Crippen LogP contribution in [0.1, 0.15) is 59.3 Å². The van der Waals surface area contributed by atoms with E-state index >= 15 is 0 Å².